The summed E-state index contributed by atoms with van der Waals surface area (Å²) in [5.74, 6) is 2.40. The van der Waals surface area contributed by atoms with Crippen molar-refractivity contribution in [2.24, 2.45) is 5.92 Å². The Morgan fingerprint density at radius 3 is 2.63 bits per heavy atom. The van der Waals surface area contributed by atoms with Gasteiger partial charge in [-0.25, -0.2) is 0 Å². The van der Waals surface area contributed by atoms with Gasteiger partial charge in [-0.05, 0) is 66.5 Å². The smallest absolute Gasteiger partial charge is 0.161 e. The third-order valence-corrected chi connectivity index (χ3v) is 6.31. The minimum Gasteiger partial charge on any atom is -0.486 e. The highest BCUT2D eigenvalue weighted by Crippen LogP contribution is 2.37. The predicted molar refractivity (Wildman–Crippen MR) is 111 cm³/mol. The molecule has 1 fully saturated rings. The highest BCUT2D eigenvalue weighted by atomic mass is 79.9. The van der Waals surface area contributed by atoms with E-state index in [4.69, 9.17) is 14.2 Å². The number of hydrogen-bond donors (Lipinski definition) is 0. The summed E-state index contributed by atoms with van der Waals surface area (Å²) in [5, 5.41) is 0. The molecule has 0 aliphatic carbocycles. The first-order valence-electron chi connectivity index (χ1n) is 9.94. The van der Waals surface area contributed by atoms with Gasteiger partial charge >= 0.3 is 0 Å². The summed E-state index contributed by atoms with van der Waals surface area (Å²) in [4.78, 5) is 0. The molecule has 144 valence electrons. The lowest BCUT2D eigenvalue weighted by atomic mass is 9.88. The van der Waals surface area contributed by atoms with Gasteiger partial charge in [-0.2, -0.15) is 0 Å². The highest BCUT2D eigenvalue weighted by molar-refractivity contribution is 9.10. The fraction of sp³-hybridized carbons (Fsp3) is 0.478. The van der Waals surface area contributed by atoms with Crippen LogP contribution in [0.3, 0.4) is 0 Å². The summed E-state index contributed by atoms with van der Waals surface area (Å²) in [5.41, 5.74) is 3.79. The first-order chi connectivity index (χ1) is 13.1. The Morgan fingerprint density at radius 1 is 1.00 bits per heavy atom. The molecule has 0 bridgehead atoms. The van der Waals surface area contributed by atoms with Gasteiger partial charge < -0.3 is 14.2 Å². The molecule has 4 rings (SSSR count). The van der Waals surface area contributed by atoms with Crippen LogP contribution in [0.2, 0.25) is 0 Å². The van der Waals surface area contributed by atoms with E-state index in [-0.39, 0.29) is 6.10 Å². The van der Waals surface area contributed by atoms with Crippen LogP contribution in [0, 0.1) is 5.92 Å². The summed E-state index contributed by atoms with van der Waals surface area (Å²) >= 11 is 3.73. The van der Waals surface area contributed by atoms with Gasteiger partial charge in [0.1, 0.15) is 13.2 Å². The number of fused-ring (bicyclic) bond motifs is 1. The van der Waals surface area contributed by atoms with Gasteiger partial charge in [0.2, 0.25) is 0 Å². The van der Waals surface area contributed by atoms with Crippen LogP contribution in [-0.4, -0.2) is 19.3 Å². The maximum Gasteiger partial charge on any atom is 0.161 e. The monoisotopic (exact) mass is 430 g/mol. The van der Waals surface area contributed by atoms with Crippen LogP contribution in [0.15, 0.2) is 40.9 Å². The van der Waals surface area contributed by atoms with Crippen LogP contribution < -0.4 is 9.47 Å². The van der Waals surface area contributed by atoms with E-state index in [1.807, 2.05) is 6.07 Å². The standard InChI is InChI=1S/C23H27BrO3/c1-3-19-10-15(2)11-22(27-19)17-5-6-20(24)18(14-17)12-16-4-7-21-23(13-16)26-9-8-25-21/h4-7,13-15,19,22H,3,8-12H2,1-2H3/t15-,19+,22+/m0/s1. The second-order valence-electron chi connectivity index (χ2n) is 7.74. The van der Waals surface area contributed by atoms with Crippen LogP contribution in [-0.2, 0) is 11.2 Å². The van der Waals surface area contributed by atoms with Gasteiger partial charge in [0.05, 0.1) is 12.2 Å². The van der Waals surface area contributed by atoms with Crippen molar-refractivity contribution < 1.29 is 14.2 Å². The van der Waals surface area contributed by atoms with Crippen molar-refractivity contribution in [3.63, 3.8) is 0 Å². The van der Waals surface area contributed by atoms with Crippen LogP contribution in [0.4, 0.5) is 0 Å². The lowest BCUT2D eigenvalue weighted by Crippen LogP contribution is -2.26. The Morgan fingerprint density at radius 2 is 1.81 bits per heavy atom. The topological polar surface area (TPSA) is 27.7 Å². The molecular formula is C23H27BrO3. The molecule has 0 unspecified atom stereocenters. The quantitative estimate of drug-likeness (QED) is 0.588. The molecule has 0 spiro atoms. The van der Waals surface area contributed by atoms with E-state index in [1.54, 1.807) is 0 Å². The van der Waals surface area contributed by atoms with Crippen molar-refractivity contribution in [2.75, 3.05) is 13.2 Å². The molecule has 0 aromatic heterocycles. The molecule has 2 aromatic rings. The predicted octanol–water partition coefficient (Wildman–Crippen LogP) is 6.08. The molecule has 3 atom stereocenters. The first-order valence-corrected chi connectivity index (χ1v) is 10.7. The summed E-state index contributed by atoms with van der Waals surface area (Å²) in [6.07, 6.45) is 4.79. The van der Waals surface area contributed by atoms with Crippen molar-refractivity contribution >= 4 is 15.9 Å². The highest BCUT2D eigenvalue weighted by Gasteiger charge is 2.27. The lowest BCUT2D eigenvalue weighted by molar-refractivity contribution is -0.0709. The average Bonchev–Trinajstić information content (AvgIpc) is 2.69. The SMILES string of the molecule is CC[C@@H]1C[C@H](C)C[C@H](c2ccc(Br)c(Cc3ccc4c(c3)OCCO4)c2)O1. The van der Waals surface area contributed by atoms with E-state index in [0.717, 1.165) is 35.2 Å². The third-order valence-electron chi connectivity index (χ3n) is 5.54. The minimum atomic E-state index is 0.200. The molecule has 0 radical (unpaired) electrons. The third kappa shape index (κ3) is 4.33. The number of halogens is 1. The second kappa shape index (κ2) is 8.24. The molecule has 27 heavy (non-hydrogen) atoms. The van der Waals surface area contributed by atoms with Gasteiger partial charge in [-0.3, -0.25) is 0 Å². The molecule has 3 nitrogen and oxygen atoms in total. The van der Waals surface area contributed by atoms with Gasteiger partial charge in [0, 0.05) is 4.47 Å². The van der Waals surface area contributed by atoms with E-state index in [9.17, 15) is 0 Å². The zero-order chi connectivity index (χ0) is 18.8. The van der Waals surface area contributed by atoms with Crippen molar-refractivity contribution in [1.82, 2.24) is 0 Å². The normalized spacial score (nSPS) is 24.6. The Kier molecular flexibility index (Phi) is 5.74. The number of hydrogen-bond acceptors (Lipinski definition) is 3. The number of ether oxygens (including phenoxy) is 3. The number of rotatable bonds is 4. The molecule has 0 amide bonds. The van der Waals surface area contributed by atoms with E-state index < -0.39 is 0 Å². The molecule has 2 aliphatic rings. The minimum absolute atomic E-state index is 0.200. The summed E-state index contributed by atoms with van der Waals surface area (Å²) in [7, 11) is 0. The zero-order valence-electron chi connectivity index (χ0n) is 16.0. The molecule has 1 saturated heterocycles. The van der Waals surface area contributed by atoms with Gasteiger partial charge in [0.25, 0.3) is 0 Å². The van der Waals surface area contributed by atoms with E-state index >= 15 is 0 Å². The fourth-order valence-electron chi connectivity index (χ4n) is 4.08. The maximum absolute atomic E-state index is 6.36. The Labute approximate surface area is 170 Å². The molecule has 0 N–H and O–H groups in total. The summed E-state index contributed by atoms with van der Waals surface area (Å²) < 4.78 is 18.9. The van der Waals surface area contributed by atoms with Gasteiger partial charge in [0.15, 0.2) is 11.5 Å². The van der Waals surface area contributed by atoms with Crippen molar-refractivity contribution in [3.05, 3.63) is 57.6 Å². The maximum atomic E-state index is 6.36. The van der Waals surface area contributed by atoms with Crippen molar-refractivity contribution in [3.8, 4) is 11.5 Å². The second-order valence-corrected chi connectivity index (χ2v) is 8.59. The molecule has 2 aliphatic heterocycles. The van der Waals surface area contributed by atoms with Crippen LogP contribution >= 0.6 is 15.9 Å². The Balaban J connectivity index is 1.56. The van der Waals surface area contributed by atoms with Crippen LogP contribution in [0.25, 0.3) is 0 Å². The summed E-state index contributed by atoms with van der Waals surface area (Å²) in [6, 6.07) is 12.9. The molecule has 2 aromatic carbocycles. The van der Waals surface area contributed by atoms with Gasteiger partial charge in [-0.1, -0.05) is 48.0 Å². The molecule has 2 heterocycles. The first kappa shape index (κ1) is 18.8. The van der Waals surface area contributed by atoms with E-state index in [0.29, 0.717) is 25.2 Å². The lowest BCUT2D eigenvalue weighted by Gasteiger charge is -2.34. The Bertz CT molecular complexity index is 804. The number of benzene rings is 2. The van der Waals surface area contributed by atoms with Crippen LogP contribution in [0.5, 0.6) is 11.5 Å². The molecule has 4 heteroatoms. The van der Waals surface area contributed by atoms with Gasteiger partial charge in [-0.15, -0.1) is 0 Å². The van der Waals surface area contributed by atoms with Crippen molar-refractivity contribution in [1.29, 1.82) is 0 Å². The van der Waals surface area contributed by atoms with E-state index in [1.165, 1.54) is 23.1 Å². The van der Waals surface area contributed by atoms with E-state index in [2.05, 4.69) is 60.1 Å². The molecular weight excluding hydrogens is 404 g/mol. The van der Waals surface area contributed by atoms with Crippen LogP contribution in [0.1, 0.15) is 55.9 Å². The largest absolute Gasteiger partial charge is 0.486 e. The Hall–Kier alpha value is -1.52. The van der Waals surface area contributed by atoms with Crippen molar-refractivity contribution in [2.45, 2.75) is 51.7 Å². The fourth-order valence-corrected chi connectivity index (χ4v) is 4.47. The summed E-state index contributed by atoms with van der Waals surface area (Å²) in [6.45, 7) is 5.80. The average molecular weight is 431 g/mol. The zero-order valence-corrected chi connectivity index (χ0v) is 17.6. The molecule has 0 saturated carbocycles.